The van der Waals surface area contributed by atoms with Gasteiger partial charge in [-0.3, -0.25) is 0 Å². The summed E-state index contributed by atoms with van der Waals surface area (Å²) in [5.74, 6) is 0. The van der Waals surface area contributed by atoms with E-state index in [9.17, 15) is 0 Å². The molecule has 2 aromatic heterocycles. The Morgan fingerprint density at radius 3 is 1.29 bits per heavy atom. The number of aromatic nitrogens is 2. The number of nitrogens with zero attached hydrogens (tertiary/aromatic N) is 2. The molecule has 0 aliphatic carbocycles. The third kappa shape index (κ3) is 5.85. The standard InChI is InChI=1S/C60H42N2Si/c1-5-20-43(21-6-1)44-36-38-46(39-37-44)61-55-34-17-14-31-52(55)59-57(61)40-41-58-60(59)53-32-15-18-35-56(53)62(58)54-33-16-13-30-51(54)45-22-19-29-50(42-45)63(47-23-7-2-8-24-47,48-25-9-3-10-26-48)49-27-11-4-12-28-49/h1-42H. The zero-order chi connectivity index (χ0) is 41.7. The van der Waals surface area contributed by atoms with Crippen LogP contribution in [-0.4, -0.2) is 17.2 Å². The predicted octanol–water partition coefficient (Wildman–Crippen LogP) is 12.6. The van der Waals surface area contributed by atoms with E-state index >= 15 is 0 Å². The maximum Gasteiger partial charge on any atom is 0.179 e. The fraction of sp³-hybridized carbons (Fsp3) is 0. The number of benzene rings is 10. The Labute approximate surface area is 368 Å². The highest BCUT2D eigenvalue weighted by Crippen LogP contribution is 2.43. The van der Waals surface area contributed by atoms with Crippen molar-refractivity contribution >= 4 is 72.4 Å². The second-order valence-electron chi connectivity index (χ2n) is 16.4. The first-order valence-corrected chi connectivity index (χ1v) is 23.8. The van der Waals surface area contributed by atoms with Crippen LogP contribution < -0.4 is 20.7 Å². The Morgan fingerprint density at radius 2 is 0.698 bits per heavy atom. The largest absolute Gasteiger partial charge is 0.309 e. The van der Waals surface area contributed by atoms with Crippen molar-refractivity contribution < 1.29 is 0 Å². The van der Waals surface area contributed by atoms with Gasteiger partial charge in [0.25, 0.3) is 0 Å². The molecule has 0 amide bonds. The smallest absolute Gasteiger partial charge is 0.179 e. The Bertz CT molecular complexity index is 3490. The van der Waals surface area contributed by atoms with Crippen molar-refractivity contribution in [3.05, 3.63) is 255 Å². The van der Waals surface area contributed by atoms with Crippen molar-refractivity contribution in [1.82, 2.24) is 9.13 Å². The van der Waals surface area contributed by atoms with Crippen LogP contribution in [0.25, 0.3) is 77.2 Å². The van der Waals surface area contributed by atoms with Crippen LogP contribution in [0.2, 0.25) is 0 Å². The van der Waals surface area contributed by atoms with Crippen molar-refractivity contribution in [2.24, 2.45) is 0 Å². The van der Waals surface area contributed by atoms with Crippen LogP contribution >= 0.6 is 0 Å². The van der Waals surface area contributed by atoms with Crippen LogP contribution in [0, 0.1) is 0 Å². The molecule has 0 unspecified atom stereocenters. The van der Waals surface area contributed by atoms with Gasteiger partial charge in [0.05, 0.1) is 27.8 Å². The summed E-state index contributed by atoms with van der Waals surface area (Å²) in [5, 5.41) is 10.5. The fourth-order valence-corrected chi connectivity index (χ4v) is 15.2. The molecule has 0 aliphatic heterocycles. The summed E-state index contributed by atoms with van der Waals surface area (Å²) in [7, 11) is -2.75. The lowest BCUT2D eigenvalue weighted by molar-refractivity contribution is 1.17. The molecular formula is C60H42N2Si. The highest BCUT2D eigenvalue weighted by molar-refractivity contribution is 7.19. The molecule has 2 nitrogen and oxygen atoms in total. The van der Waals surface area contributed by atoms with Gasteiger partial charge in [0.1, 0.15) is 0 Å². The highest BCUT2D eigenvalue weighted by Gasteiger charge is 2.41. The normalized spacial score (nSPS) is 11.8. The number of para-hydroxylation sites is 3. The van der Waals surface area contributed by atoms with Gasteiger partial charge < -0.3 is 9.13 Å². The van der Waals surface area contributed by atoms with E-state index in [4.69, 9.17) is 0 Å². The van der Waals surface area contributed by atoms with Crippen molar-refractivity contribution in [3.8, 4) is 33.6 Å². The van der Waals surface area contributed by atoms with E-state index in [0.29, 0.717) is 0 Å². The second-order valence-corrected chi connectivity index (χ2v) is 20.2. The molecule has 296 valence electrons. The lowest BCUT2D eigenvalue weighted by atomic mass is 10.0. The van der Waals surface area contributed by atoms with Crippen LogP contribution in [0.1, 0.15) is 0 Å². The number of hydrogen-bond acceptors (Lipinski definition) is 0. The summed E-state index contributed by atoms with van der Waals surface area (Å²) < 4.78 is 4.94. The van der Waals surface area contributed by atoms with Crippen molar-refractivity contribution in [2.45, 2.75) is 0 Å². The van der Waals surface area contributed by atoms with Crippen molar-refractivity contribution in [3.63, 3.8) is 0 Å². The van der Waals surface area contributed by atoms with Gasteiger partial charge in [-0.2, -0.15) is 0 Å². The van der Waals surface area contributed by atoms with E-state index in [-0.39, 0.29) is 0 Å². The first kappa shape index (κ1) is 36.8. The number of rotatable bonds is 8. The number of fused-ring (bicyclic) bond motifs is 7. The SMILES string of the molecule is c1ccc(-c2ccc(-n3c4ccccc4c4c5c6ccccc6n(-c6ccccc6-c6cccc([Si](c7ccccc7)(c7ccccc7)c7ccccc7)c6)c5ccc43)cc2)cc1. The Kier molecular flexibility index (Phi) is 8.87. The molecule has 63 heavy (non-hydrogen) atoms. The van der Waals surface area contributed by atoms with Gasteiger partial charge in [-0.05, 0) is 79.9 Å². The minimum absolute atomic E-state index is 1.15. The minimum Gasteiger partial charge on any atom is -0.309 e. The summed E-state index contributed by atoms with van der Waals surface area (Å²) in [5.41, 5.74) is 11.9. The molecule has 3 heteroatoms. The van der Waals surface area contributed by atoms with Crippen LogP contribution in [0.4, 0.5) is 0 Å². The summed E-state index contributed by atoms with van der Waals surface area (Å²) >= 11 is 0. The second kappa shape index (κ2) is 15.2. The fourth-order valence-electron chi connectivity index (χ4n) is 10.4. The van der Waals surface area contributed by atoms with Gasteiger partial charge in [0.2, 0.25) is 0 Å². The van der Waals surface area contributed by atoms with Crippen LogP contribution in [0.3, 0.4) is 0 Å². The lowest BCUT2D eigenvalue weighted by Gasteiger charge is -2.34. The van der Waals surface area contributed by atoms with Gasteiger partial charge in [-0.15, -0.1) is 0 Å². The Morgan fingerprint density at radius 1 is 0.270 bits per heavy atom. The summed E-state index contributed by atoms with van der Waals surface area (Å²) in [6.45, 7) is 0. The average Bonchev–Trinajstić information content (AvgIpc) is 3.88. The molecule has 0 spiro atoms. The zero-order valence-corrected chi connectivity index (χ0v) is 35.6. The van der Waals surface area contributed by atoms with E-state index in [2.05, 4.69) is 264 Å². The van der Waals surface area contributed by atoms with Crippen LogP contribution in [0.5, 0.6) is 0 Å². The van der Waals surface area contributed by atoms with Crippen LogP contribution in [-0.2, 0) is 0 Å². The molecule has 0 saturated carbocycles. The molecule has 12 rings (SSSR count). The highest BCUT2D eigenvalue weighted by atomic mass is 28.3. The maximum absolute atomic E-state index is 2.75. The van der Waals surface area contributed by atoms with Gasteiger partial charge in [-0.25, -0.2) is 0 Å². The monoisotopic (exact) mass is 818 g/mol. The van der Waals surface area contributed by atoms with E-state index in [1.54, 1.807) is 0 Å². The third-order valence-electron chi connectivity index (χ3n) is 13.1. The lowest BCUT2D eigenvalue weighted by Crippen LogP contribution is -2.74. The summed E-state index contributed by atoms with van der Waals surface area (Å²) in [4.78, 5) is 0. The average molecular weight is 819 g/mol. The van der Waals surface area contributed by atoms with E-state index in [1.165, 1.54) is 86.6 Å². The molecule has 0 bridgehead atoms. The minimum atomic E-state index is -2.75. The molecule has 0 fully saturated rings. The zero-order valence-electron chi connectivity index (χ0n) is 34.6. The van der Waals surface area contributed by atoms with Gasteiger partial charge in [0, 0.05) is 32.8 Å². The predicted molar refractivity (Wildman–Crippen MR) is 270 cm³/mol. The van der Waals surface area contributed by atoms with E-state index in [0.717, 1.165) is 11.4 Å². The molecule has 0 atom stereocenters. The van der Waals surface area contributed by atoms with E-state index in [1.807, 2.05) is 0 Å². The molecule has 12 aromatic rings. The molecule has 0 radical (unpaired) electrons. The van der Waals surface area contributed by atoms with Gasteiger partial charge in [0.15, 0.2) is 8.07 Å². The maximum atomic E-state index is 2.50. The topological polar surface area (TPSA) is 9.86 Å². The number of hydrogen-bond donors (Lipinski definition) is 0. The van der Waals surface area contributed by atoms with Crippen LogP contribution in [0.15, 0.2) is 255 Å². The van der Waals surface area contributed by atoms with E-state index < -0.39 is 8.07 Å². The first-order valence-electron chi connectivity index (χ1n) is 21.8. The summed E-state index contributed by atoms with van der Waals surface area (Å²) in [6, 6.07) is 94.1. The van der Waals surface area contributed by atoms with Crippen molar-refractivity contribution in [2.75, 3.05) is 0 Å². The first-order chi connectivity index (χ1) is 31.3. The molecule has 10 aromatic carbocycles. The molecule has 0 saturated heterocycles. The Hall–Kier alpha value is -7.98. The van der Waals surface area contributed by atoms with Gasteiger partial charge in [-0.1, -0.05) is 212 Å². The molecule has 0 N–H and O–H groups in total. The van der Waals surface area contributed by atoms with Gasteiger partial charge >= 0.3 is 0 Å². The quantitative estimate of drug-likeness (QED) is 0.107. The molecule has 2 heterocycles. The Balaban J connectivity index is 1.08. The van der Waals surface area contributed by atoms with Crippen molar-refractivity contribution in [1.29, 1.82) is 0 Å². The molecule has 0 aliphatic rings. The third-order valence-corrected chi connectivity index (χ3v) is 17.9. The summed E-state index contributed by atoms with van der Waals surface area (Å²) in [6.07, 6.45) is 0. The molecular weight excluding hydrogens is 777 g/mol.